The van der Waals surface area contributed by atoms with Crippen LogP contribution in [0.3, 0.4) is 0 Å². The van der Waals surface area contributed by atoms with Crippen LogP contribution in [0, 0.1) is 10.1 Å². The highest BCUT2D eigenvalue weighted by Gasteiger charge is 2.33. The first-order valence-electron chi connectivity index (χ1n) is 9.49. The molecule has 0 radical (unpaired) electrons. The third-order valence-corrected chi connectivity index (χ3v) is 4.99. The Labute approximate surface area is 176 Å². The lowest BCUT2D eigenvalue weighted by atomic mass is 9.97. The van der Waals surface area contributed by atoms with E-state index in [2.05, 4.69) is 15.1 Å². The van der Waals surface area contributed by atoms with Crippen molar-refractivity contribution >= 4 is 34.3 Å². The summed E-state index contributed by atoms with van der Waals surface area (Å²) in [6.07, 6.45) is 2.97. The van der Waals surface area contributed by atoms with Gasteiger partial charge in [0.2, 0.25) is 5.91 Å². The summed E-state index contributed by atoms with van der Waals surface area (Å²) in [5.41, 5.74) is 3.09. The van der Waals surface area contributed by atoms with Crippen molar-refractivity contribution in [3.63, 3.8) is 0 Å². The highest BCUT2D eigenvalue weighted by atomic mass is 16.6. The molecule has 1 N–H and O–H groups in total. The van der Waals surface area contributed by atoms with E-state index in [0.717, 1.165) is 5.56 Å². The van der Waals surface area contributed by atoms with Crippen LogP contribution in [-0.4, -0.2) is 42.6 Å². The van der Waals surface area contributed by atoms with Crippen LogP contribution in [0.15, 0.2) is 60.0 Å². The normalized spacial score (nSPS) is 15.7. The smallest absolute Gasteiger partial charge is 0.303 e. The third kappa shape index (κ3) is 4.22. The van der Waals surface area contributed by atoms with Crippen molar-refractivity contribution in [2.75, 3.05) is 0 Å². The Balaban J connectivity index is 1.71. The number of carbonyl (C=O) groups is 2. The van der Waals surface area contributed by atoms with E-state index in [9.17, 15) is 19.7 Å². The number of fused-ring (bicyclic) bond motifs is 1. The van der Waals surface area contributed by atoms with E-state index < -0.39 is 22.8 Å². The summed E-state index contributed by atoms with van der Waals surface area (Å²) in [4.78, 5) is 42.9. The SMILES string of the molecule is O=C(O)CCC(=O)N1N=C(c2cccc([N+](=O)[O-])c2)C[C@@H]1c1ccc2nccnc2c1. The molecule has 1 amide bonds. The molecule has 1 aliphatic heterocycles. The zero-order valence-corrected chi connectivity index (χ0v) is 16.2. The van der Waals surface area contributed by atoms with E-state index in [-0.39, 0.29) is 18.5 Å². The van der Waals surface area contributed by atoms with Gasteiger partial charge in [0, 0.05) is 42.9 Å². The maximum atomic E-state index is 12.8. The van der Waals surface area contributed by atoms with Crippen LogP contribution in [0.5, 0.6) is 0 Å². The topological polar surface area (TPSA) is 139 Å². The lowest BCUT2D eigenvalue weighted by Crippen LogP contribution is -2.27. The molecule has 31 heavy (non-hydrogen) atoms. The van der Waals surface area contributed by atoms with Crippen LogP contribution in [0.4, 0.5) is 5.69 Å². The molecular formula is C21H17N5O5. The van der Waals surface area contributed by atoms with Crippen molar-refractivity contribution < 1.29 is 19.6 Å². The summed E-state index contributed by atoms with van der Waals surface area (Å²) in [5.74, 6) is -1.51. The minimum Gasteiger partial charge on any atom is -0.481 e. The van der Waals surface area contributed by atoms with E-state index in [1.54, 1.807) is 30.6 Å². The van der Waals surface area contributed by atoms with Gasteiger partial charge in [0.15, 0.2) is 0 Å². The monoisotopic (exact) mass is 419 g/mol. The lowest BCUT2D eigenvalue weighted by molar-refractivity contribution is -0.384. The van der Waals surface area contributed by atoms with Crippen molar-refractivity contribution in [1.29, 1.82) is 0 Å². The predicted octanol–water partition coefficient (Wildman–Crippen LogP) is 3.08. The zero-order valence-electron chi connectivity index (χ0n) is 16.2. The van der Waals surface area contributed by atoms with Gasteiger partial charge in [-0.15, -0.1) is 0 Å². The van der Waals surface area contributed by atoms with Crippen LogP contribution in [0.25, 0.3) is 11.0 Å². The van der Waals surface area contributed by atoms with Crippen molar-refractivity contribution in [3.8, 4) is 0 Å². The Morgan fingerprint density at radius 1 is 1.10 bits per heavy atom. The molecule has 1 aromatic heterocycles. The number of amides is 1. The van der Waals surface area contributed by atoms with Gasteiger partial charge in [-0.3, -0.25) is 29.7 Å². The van der Waals surface area contributed by atoms with Gasteiger partial charge in [0.1, 0.15) is 0 Å². The van der Waals surface area contributed by atoms with Gasteiger partial charge in [-0.2, -0.15) is 5.10 Å². The molecule has 4 rings (SSSR count). The molecule has 10 heteroatoms. The molecule has 0 bridgehead atoms. The third-order valence-electron chi connectivity index (χ3n) is 4.99. The number of nitrogens with zero attached hydrogens (tertiary/aromatic N) is 5. The maximum absolute atomic E-state index is 12.8. The first-order valence-corrected chi connectivity index (χ1v) is 9.49. The van der Waals surface area contributed by atoms with Crippen LogP contribution < -0.4 is 0 Å². The van der Waals surface area contributed by atoms with E-state index in [1.165, 1.54) is 17.1 Å². The second-order valence-electron chi connectivity index (χ2n) is 7.01. The Hall–Kier alpha value is -4.21. The number of carbonyl (C=O) groups excluding carboxylic acids is 1. The highest BCUT2D eigenvalue weighted by Crippen LogP contribution is 2.34. The van der Waals surface area contributed by atoms with Crippen LogP contribution >= 0.6 is 0 Å². The lowest BCUT2D eigenvalue weighted by Gasteiger charge is -2.22. The van der Waals surface area contributed by atoms with E-state index in [1.807, 2.05) is 12.1 Å². The molecule has 0 saturated heterocycles. The molecule has 0 unspecified atom stereocenters. The van der Waals surface area contributed by atoms with Crippen molar-refractivity contribution in [2.45, 2.75) is 25.3 Å². The number of hydrazone groups is 1. The molecule has 2 heterocycles. The largest absolute Gasteiger partial charge is 0.481 e. The van der Waals surface area contributed by atoms with Crippen LogP contribution in [-0.2, 0) is 9.59 Å². The van der Waals surface area contributed by atoms with Gasteiger partial charge in [-0.1, -0.05) is 18.2 Å². The average Bonchev–Trinajstić information content (AvgIpc) is 3.23. The first-order chi connectivity index (χ1) is 14.9. The Kier molecular flexibility index (Phi) is 5.35. The van der Waals surface area contributed by atoms with E-state index in [0.29, 0.717) is 28.7 Å². The van der Waals surface area contributed by atoms with Crippen molar-refractivity contribution in [2.24, 2.45) is 5.10 Å². The quantitative estimate of drug-likeness (QED) is 0.478. The van der Waals surface area contributed by atoms with E-state index in [4.69, 9.17) is 5.11 Å². The van der Waals surface area contributed by atoms with Gasteiger partial charge in [-0.05, 0) is 17.7 Å². The summed E-state index contributed by atoms with van der Waals surface area (Å²) < 4.78 is 0. The van der Waals surface area contributed by atoms with Crippen molar-refractivity contribution in [3.05, 3.63) is 76.1 Å². The zero-order chi connectivity index (χ0) is 22.0. The fourth-order valence-electron chi connectivity index (χ4n) is 3.49. The minimum absolute atomic E-state index is 0.0756. The maximum Gasteiger partial charge on any atom is 0.303 e. The van der Waals surface area contributed by atoms with Crippen molar-refractivity contribution in [1.82, 2.24) is 15.0 Å². The van der Waals surface area contributed by atoms with Gasteiger partial charge >= 0.3 is 5.97 Å². The summed E-state index contributed by atoms with van der Waals surface area (Å²) in [5, 5.41) is 25.8. The summed E-state index contributed by atoms with van der Waals surface area (Å²) >= 11 is 0. The molecule has 3 aromatic rings. The number of aliphatic carboxylic acids is 1. The van der Waals surface area contributed by atoms with Gasteiger partial charge < -0.3 is 5.11 Å². The average molecular weight is 419 g/mol. The number of hydrogen-bond donors (Lipinski definition) is 1. The number of aromatic nitrogens is 2. The molecule has 2 aromatic carbocycles. The molecule has 10 nitrogen and oxygen atoms in total. The first kappa shape index (κ1) is 20.1. The van der Waals surface area contributed by atoms with Crippen LogP contribution in [0.2, 0.25) is 0 Å². The Morgan fingerprint density at radius 2 is 1.87 bits per heavy atom. The van der Waals surface area contributed by atoms with Gasteiger partial charge in [-0.25, -0.2) is 5.01 Å². The summed E-state index contributed by atoms with van der Waals surface area (Å²) in [7, 11) is 0. The second kappa shape index (κ2) is 8.27. The summed E-state index contributed by atoms with van der Waals surface area (Å²) in [6, 6.07) is 11.0. The Bertz CT molecular complexity index is 1230. The molecule has 0 aliphatic carbocycles. The number of carboxylic acid groups (broad SMARTS) is 1. The molecule has 0 spiro atoms. The number of rotatable bonds is 6. The molecule has 156 valence electrons. The number of carboxylic acids is 1. The fourth-order valence-corrected chi connectivity index (χ4v) is 3.49. The van der Waals surface area contributed by atoms with Crippen LogP contribution in [0.1, 0.15) is 36.4 Å². The standard InChI is InChI=1S/C21H17N5O5/c27-20(6-7-21(28)29)25-19(14-4-5-16-18(11-14)23-9-8-22-16)12-17(24-25)13-2-1-3-15(10-13)26(30)31/h1-5,8-11,19H,6-7,12H2,(H,28,29)/t19-/m1/s1. The molecule has 1 aliphatic rings. The van der Waals surface area contributed by atoms with Gasteiger partial charge in [0.25, 0.3) is 5.69 Å². The molecule has 0 fully saturated rings. The number of hydrogen-bond acceptors (Lipinski definition) is 7. The number of nitro groups is 1. The van der Waals surface area contributed by atoms with Gasteiger partial charge in [0.05, 0.1) is 34.1 Å². The predicted molar refractivity (Wildman–Crippen MR) is 110 cm³/mol. The fraction of sp³-hybridized carbons (Fsp3) is 0.190. The number of benzene rings is 2. The Morgan fingerprint density at radius 3 is 2.61 bits per heavy atom. The molecule has 0 saturated carbocycles. The minimum atomic E-state index is -1.08. The summed E-state index contributed by atoms with van der Waals surface area (Å²) in [6.45, 7) is 0. The number of nitro benzene ring substituents is 1. The molecule has 1 atom stereocenters. The number of non-ortho nitro benzene ring substituents is 1. The second-order valence-corrected chi connectivity index (χ2v) is 7.01. The van der Waals surface area contributed by atoms with E-state index >= 15 is 0 Å². The highest BCUT2D eigenvalue weighted by molar-refractivity contribution is 6.03. The molecular weight excluding hydrogens is 402 g/mol.